The van der Waals surface area contributed by atoms with E-state index in [4.69, 9.17) is 42.4 Å². The molecule has 1 unspecified atom stereocenters. The van der Waals surface area contributed by atoms with Crippen molar-refractivity contribution in [2.45, 2.75) is 50.7 Å². The van der Waals surface area contributed by atoms with Gasteiger partial charge in [0.25, 0.3) is 0 Å². The van der Waals surface area contributed by atoms with E-state index in [1.54, 1.807) is 4.90 Å². The highest BCUT2D eigenvalue weighted by atomic mass is 35.5. The van der Waals surface area contributed by atoms with Crippen LogP contribution in [0.15, 0.2) is 66.7 Å². The van der Waals surface area contributed by atoms with Crippen LogP contribution in [-0.4, -0.2) is 84.3 Å². The van der Waals surface area contributed by atoms with Gasteiger partial charge in [-0.15, -0.1) is 0 Å². The number of rotatable bonds is 8. The quantitative estimate of drug-likeness (QED) is 0.202. The maximum atomic E-state index is 13.2. The molecule has 1 amide bonds. The van der Waals surface area contributed by atoms with Crippen LogP contribution < -0.4 is 9.64 Å². The number of hydrogen-bond acceptors (Lipinski definition) is 8. The normalized spacial score (nSPS) is 21.1. The first kappa shape index (κ1) is 32.1. The van der Waals surface area contributed by atoms with Crippen molar-refractivity contribution < 1.29 is 19.0 Å². The van der Waals surface area contributed by atoms with Gasteiger partial charge in [-0.1, -0.05) is 72.3 Å². The number of anilines is 1. The number of amides is 1. The average Bonchev–Trinajstić information content (AvgIpc) is 3.53. The zero-order valence-corrected chi connectivity index (χ0v) is 27.8. The number of likely N-dealkylation sites (tertiary alicyclic amines) is 1. The third kappa shape index (κ3) is 6.76. The minimum Gasteiger partial charge on any atom is -0.462 e. The summed E-state index contributed by atoms with van der Waals surface area (Å²) < 4.78 is 18.5. The molecule has 3 aliphatic heterocycles. The molecular weight excluding hydrogens is 628 g/mol. The number of carbonyl (C=O) groups is 1. The van der Waals surface area contributed by atoms with Crippen LogP contribution in [-0.2, 0) is 29.1 Å². The smallest absolute Gasteiger partial charge is 0.410 e. The molecule has 0 saturated carbocycles. The van der Waals surface area contributed by atoms with Crippen molar-refractivity contribution in [3.05, 3.63) is 106 Å². The molecule has 3 atom stereocenters. The van der Waals surface area contributed by atoms with E-state index in [0.717, 1.165) is 58.4 Å². The zero-order chi connectivity index (χ0) is 33.0. The fourth-order valence-electron chi connectivity index (χ4n) is 7.06. The molecule has 4 aromatic rings. The Morgan fingerprint density at radius 2 is 1.88 bits per heavy atom. The molecule has 2 fully saturated rings. The highest BCUT2D eigenvalue weighted by Gasteiger charge is 2.37. The fraction of sp³-hybridized carbons (Fsp3) is 0.405. The van der Waals surface area contributed by atoms with Crippen molar-refractivity contribution in [3.63, 3.8) is 0 Å². The number of ether oxygens (including phenoxy) is 3. The Morgan fingerprint density at radius 1 is 1.04 bits per heavy atom. The summed E-state index contributed by atoms with van der Waals surface area (Å²) in [4.78, 5) is 32.9. The Labute approximate surface area is 286 Å². The third-order valence-electron chi connectivity index (χ3n) is 9.69. The van der Waals surface area contributed by atoms with Crippen LogP contribution in [0.5, 0.6) is 6.01 Å². The number of carbonyl (C=O) groups excluding carboxylic acids is 1. The van der Waals surface area contributed by atoms with E-state index in [1.165, 1.54) is 0 Å². The molecular formula is C37H39ClN6O4. The van der Waals surface area contributed by atoms with Gasteiger partial charge in [0.15, 0.2) is 0 Å². The number of nitrogens with zero attached hydrogens (tertiary/aromatic N) is 6. The van der Waals surface area contributed by atoms with Gasteiger partial charge in [0.1, 0.15) is 25.1 Å². The predicted octanol–water partition coefficient (Wildman–Crippen LogP) is 6.32. The number of likely N-dealkylation sites (N-methyl/N-ethyl adjacent to an activating group) is 1. The van der Waals surface area contributed by atoms with Gasteiger partial charge in [0.05, 0.1) is 18.4 Å². The molecule has 4 heterocycles. The highest BCUT2D eigenvalue weighted by molar-refractivity contribution is 6.35. The molecule has 11 heteroatoms. The van der Waals surface area contributed by atoms with E-state index >= 15 is 0 Å². The fourth-order valence-corrected chi connectivity index (χ4v) is 7.35. The van der Waals surface area contributed by atoms with Crippen molar-refractivity contribution in [1.29, 1.82) is 0 Å². The van der Waals surface area contributed by atoms with Crippen LogP contribution in [0, 0.1) is 6.57 Å². The van der Waals surface area contributed by atoms with Crippen molar-refractivity contribution in [3.8, 4) is 6.01 Å². The number of benzene rings is 3. The predicted molar refractivity (Wildman–Crippen MR) is 184 cm³/mol. The largest absolute Gasteiger partial charge is 0.462 e. The maximum Gasteiger partial charge on any atom is 0.410 e. The summed E-state index contributed by atoms with van der Waals surface area (Å²) >= 11 is 6.70. The van der Waals surface area contributed by atoms with E-state index in [0.29, 0.717) is 56.3 Å². The van der Waals surface area contributed by atoms with Crippen LogP contribution in [0.4, 0.5) is 10.6 Å². The van der Waals surface area contributed by atoms with Crippen molar-refractivity contribution in [2.24, 2.45) is 0 Å². The molecule has 2 saturated heterocycles. The molecule has 1 aromatic heterocycles. The molecule has 3 aromatic carbocycles. The van der Waals surface area contributed by atoms with Crippen LogP contribution in [0.1, 0.15) is 41.3 Å². The summed E-state index contributed by atoms with van der Waals surface area (Å²) in [5.74, 6) is 0.733. The second kappa shape index (κ2) is 14.4. The average molecular weight is 667 g/mol. The number of piperazine rings is 1. The zero-order valence-electron chi connectivity index (χ0n) is 27.1. The Balaban J connectivity index is 1.16. The maximum absolute atomic E-state index is 13.2. The van der Waals surface area contributed by atoms with Gasteiger partial charge in [0, 0.05) is 48.1 Å². The summed E-state index contributed by atoms with van der Waals surface area (Å²) in [6, 6.07) is 22.0. The van der Waals surface area contributed by atoms with E-state index < -0.39 is 6.09 Å². The SMILES string of the molecule is [C-]#[N+]C[C@@H]1CN(c2nc(OCC3CCCN3C)nc3c2CO[C@H](c2cccc4cccc(Cl)c24)C3)CCN1C(=O)OCc1ccccc1. The highest BCUT2D eigenvalue weighted by Crippen LogP contribution is 2.39. The van der Waals surface area contributed by atoms with Crippen LogP contribution in [0.25, 0.3) is 15.6 Å². The topological polar surface area (TPSA) is 84.6 Å². The molecule has 10 nitrogen and oxygen atoms in total. The molecule has 0 bridgehead atoms. The number of aromatic nitrogens is 2. The van der Waals surface area contributed by atoms with Crippen molar-refractivity contribution in [1.82, 2.24) is 19.8 Å². The molecule has 0 aliphatic carbocycles. The lowest BCUT2D eigenvalue weighted by molar-refractivity contribution is 0.0263. The first-order chi connectivity index (χ1) is 23.5. The molecule has 7 rings (SSSR count). The van der Waals surface area contributed by atoms with E-state index in [2.05, 4.69) is 39.9 Å². The Morgan fingerprint density at radius 3 is 2.67 bits per heavy atom. The van der Waals surface area contributed by atoms with Crippen LogP contribution in [0.3, 0.4) is 0 Å². The number of fused-ring (bicyclic) bond motifs is 2. The molecule has 3 aliphatic rings. The van der Waals surface area contributed by atoms with Gasteiger partial charge in [0.2, 0.25) is 6.54 Å². The summed E-state index contributed by atoms with van der Waals surface area (Å²) in [7, 11) is 2.12. The first-order valence-corrected chi connectivity index (χ1v) is 16.9. The summed E-state index contributed by atoms with van der Waals surface area (Å²) in [5.41, 5.74) is 3.73. The lowest BCUT2D eigenvalue weighted by atomic mass is 9.94. The lowest BCUT2D eigenvalue weighted by Gasteiger charge is -2.40. The molecule has 0 spiro atoms. The summed E-state index contributed by atoms with van der Waals surface area (Å²) in [5, 5.41) is 2.74. The van der Waals surface area contributed by atoms with Gasteiger partial charge < -0.3 is 28.9 Å². The molecule has 0 radical (unpaired) electrons. The molecule has 0 N–H and O–H groups in total. The van der Waals surface area contributed by atoms with Gasteiger partial charge in [-0.3, -0.25) is 4.90 Å². The minimum atomic E-state index is -0.415. The Hall–Kier alpha value is -4.43. The first-order valence-electron chi connectivity index (χ1n) is 16.6. The summed E-state index contributed by atoms with van der Waals surface area (Å²) in [6.45, 7) is 11.2. The summed E-state index contributed by atoms with van der Waals surface area (Å²) in [6.07, 6.45) is 2.09. The Kier molecular flexibility index (Phi) is 9.61. The van der Waals surface area contributed by atoms with Crippen molar-refractivity contribution >= 4 is 34.3 Å². The third-order valence-corrected chi connectivity index (χ3v) is 10.0. The second-order valence-electron chi connectivity index (χ2n) is 12.7. The number of hydrogen-bond donors (Lipinski definition) is 0. The standard InChI is InChI=1S/C37H39ClN6O4/c1-39-20-28-21-43(17-18-44(28)37(45)48-22-25-9-4-3-5-10-25)35-30-24-46-33(29-14-6-11-26-12-7-15-31(38)34(26)29)19-32(30)40-36(41-35)47-23-27-13-8-16-42(27)2/h3-7,9-12,14-15,27-28,33H,8,13,16-24H2,2H3/t27?,28-,33+/m1/s1. The lowest BCUT2D eigenvalue weighted by Crippen LogP contribution is -2.57. The van der Waals surface area contributed by atoms with Crippen molar-refractivity contribution in [2.75, 3.05) is 51.3 Å². The Bertz CT molecular complexity index is 1810. The van der Waals surface area contributed by atoms with Gasteiger partial charge >= 0.3 is 12.1 Å². The second-order valence-corrected chi connectivity index (χ2v) is 13.1. The molecule has 48 heavy (non-hydrogen) atoms. The minimum absolute atomic E-state index is 0.155. The van der Waals surface area contributed by atoms with Gasteiger partial charge in [-0.05, 0) is 49.0 Å². The molecule has 248 valence electrons. The van der Waals surface area contributed by atoms with Gasteiger partial charge in [-0.25, -0.2) is 11.4 Å². The monoisotopic (exact) mass is 666 g/mol. The van der Waals surface area contributed by atoms with E-state index in [9.17, 15) is 4.79 Å². The van der Waals surface area contributed by atoms with Gasteiger partial charge in [-0.2, -0.15) is 9.97 Å². The van der Waals surface area contributed by atoms with Crippen LogP contribution in [0.2, 0.25) is 5.02 Å². The number of halogens is 1. The van der Waals surface area contributed by atoms with Crippen LogP contribution >= 0.6 is 11.6 Å². The van der Waals surface area contributed by atoms with E-state index in [1.807, 2.05) is 48.5 Å². The van der Waals surface area contributed by atoms with E-state index in [-0.39, 0.29) is 25.3 Å².